The van der Waals surface area contributed by atoms with Crippen LogP contribution in [0.4, 0.5) is 5.69 Å². The number of carbonyl (C=O) groups excluding carboxylic acids is 3. The van der Waals surface area contributed by atoms with E-state index < -0.39 is 60.1 Å². The lowest BCUT2D eigenvalue weighted by atomic mass is 9.97. The molecule has 16 nitrogen and oxygen atoms in total. The first-order valence-electron chi connectivity index (χ1n) is 13.1. The molecular weight excluding hydrogens is 550 g/mol. The van der Waals surface area contributed by atoms with Gasteiger partial charge in [-0.05, 0) is 42.5 Å². The Bertz CT molecular complexity index is 1170. The Labute approximate surface area is 242 Å². The Morgan fingerprint density at radius 3 is 2.10 bits per heavy atom. The van der Waals surface area contributed by atoms with Crippen LogP contribution in [0.1, 0.15) is 45.1 Å². The van der Waals surface area contributed by atoms with Gasteiger partial charge in [-0.2, -0.15) is 0 Å². The number of hydrogen-bond donors (Lipinski definition) is 11. The first kappa shape index (κ1) is 34.9. The molecule has 0 bridgehead atoms. The van der Waals surface area contributed by atoms with Gasteiger partial charge in [0, 0.05) is 18.3 Å². The SMILES string of the molecule is CC[C@H](C)[C@H](NC(=O)[C@H](CC(=O)O)NC(=O)C=Cc1ccc(NC(=N)N)cc1)C(=O)N[C@@H](CCCNC(=N)N)C(=O)O. The maximum Gasteiger partial charge on any atom is 0.326 e. The lowest BCUT2D eigenvalue weighted by molar-refractivity contribution is -0.143. The number of rotatable bonds is 17. The van der Waals surface area contributed by atoms with Gasteiger partial charge in [0.1, 0.15) is 18.1 Å². The van der Waals surface area contributed by atoms with Crippen molar-refractivity contribution in [2.45, 2.75) is 57.7 Å². The highest BCUT2D eigenvalue weighted by Gasteiger charge is 2.32. The van der Waals surface area contributed by atoms with Crippen LogP contribution >= 0.6 is 0 Å². The highest BCUT2D eigenvalue weighted by atomic mass is 16.4. The van der Waals surface area contributed by atoms with E-state index in [1.165, 1.54) is 6.08 Å². The smallest absolute Gasteiger partial charge is 0.326 e. The Hall–Kier alpha value is -5.15. The number of nitrogens with one attached hydrogen (secondary N) is 7. The predicted octanol–water partition coefficient (Wildman–Crippen LogP) is -0.672. The van der Waals surface area contributed by atoms with Gasteiger partial charge in [-0.15, -0.1) is 0 Å². The molecule has 0 unspecified atom stereocenters. The van der Waals surface area contributed by atoms with Gasteiger partial charge in [-0.1, -0.05) is 32.4 Å². The molecule has 13 N–H and O–H groups in total. The molecule has 0 aliphatic rings. The average molecular weight is 590 g/mol. The zero-order valence-corrected chi connectivity index (χ0v) is 23.4. The van der Waals surface area contributed by atoms with Crippen LogP contribution < -0.4 is 38.1 Å². The summed E-state index contributed by atoms with van der Waals surface area (Å²) in [5, 5.41) is 45.5. The maximum absolute atomic E-state index is 13.1. The highest BCUT2D eigenvalue weighted by Crippen LogP contribution is 2.12. The third-order valence-corrected chi connectivity index (χ3v) is 6.02. The minimum Gasteiger partial charge on any atom is -0.481 e. The van der Waals surface area contributed by atoms with Gasteiger partial charge in [0.05, 0.1) is 6.42 Å². The van der Waals surface area contributed by atoms with Crippen molar-refractivity contribution >= 4 is 53.3 Å². The molecule has 0 radical (unpaired) electrons. The van der Waals surface area contributed by atoms with Gasteiger partial charge in [-0.3, -0.25) is 30.0 Å². The second-order valence-electron chi connectivity index (χ2n) is 9.41. The van der Waals surface area contributed by atoms with Crippen LogP contribution in [0.3, 0.4) is 0 Å². The monoisotopic (exact) mass is 589 g/mol. The molecule has 0 aromatic heterocycles. The molecule has 1 aromatic carbocycles. The van der Waals surface area contributed by atoms with Crippen molar-refractivity contribution in [1.82, 2.24) is 21.3 Å². The van der Waals surface area contributed by atoms with Gasteiger partial charge in [0.25, 0.3) is 0 Å². The lowest BCUT2D eigenvalue weighted by Gasteiger charge is -2.27. The number of benzene rings is 1. The van der Waals surface area contributed by atoms with E-state index in [1.54, 1.807) is 38.1 Å². The van der Waals surface area contributed by atoms with E-state index in [-0.39, 0.29) is 31.3 Å². The summed E-state index contributed by atoms with van der Waals surface area (Å²) in [5.74, 6) is -6.14. The molecule has 42 heavy (non-hydrogen) atoms. The van der Waals surface area contributed by atoms with E-state index in [1.807, 2.05) is 0 Å². The maximum atomic E-state index is 13.1. The number of anilines is 1. The van der Waals surface area contributed by atoms with Gasteiger partial charge in [-0.25, -0.2) is 4.79 Å². The predicted molar refractivity (Wildman–Crippen MR) is 155 cm³/mol. The van der Waals surface area contributed by atoms with Crippen molar-refractivity contribution in [3.8, 4) is 0 Å². The summed E-state index contributed by atoms with van der Waals surface area (Å²) in [6.07, 6.45) is 2.47. The zero-order valence-electron chi connectivity index (χ0n) is 23.4. The largest absolute Gasteiger partial charge is 0.481 e. The quantitative estimate of drug-likeness (QED) is 0.0468. The van der Waals surface area contributed by atoms with Crippen LogP contribution in [0.5, 0.6) is 0 Å². The summed E-state index contributed by atoms with van der Waals surface area (Å²) >= 11 is 0. The van der Waals surface area contributed by atoms with Crippen LogP contribution in [0, 0.1) is 16.7 Å². The van der Waals surface area contributed by atoms with Crippen molar-refractivity contribution in [1.29, 1.82) is 10.8 Å². The zero-order chi connectivity index (χ0) is 31.8. The minimum absolute atomic E-state index is 0.0164. The molecule has 16 heteroatoms. The molecule has 0 saturated carbocycles. The van der Waals surface area contributed by atoms with E-state index in [4.69, 9.17) is 22.3 Å². The van der Waals surface area contributed by atoms with Crippen molar-refractivity contribution in [3.63, 3.8) is 0 Å². The molecule has 230 valence electrons. The summed E-state index contributed by atoms with van der Waals surface area (Å²) in [5.41, 5.74) is 11.6. The topological polar surface area (TPSA) is 286 Å². The van der Waals surface area contributed by atoms with Gasteiger partial charge < -0.3 is 48.3 Å². The van der Waals surface area contributed by atoms with Crippen molar-refractivity contribution < 1.29 is 34.2 Å². The summed E-state index contributed by atoms with van der Waals surface area (Å²) in [6.45, 7) is 3.62. The molecule has 0 heterocycles. The number of nitrogens with two attached hydrogens (primary N) is 2. The Morgan fingerprint density at radius 2 is 1.57 bits per heavy atom. The van der Waals surface area contributed by atoms with Crippen LogP contribution in [0.25, 0.3) is 6.08 Å². The van der Waals surface area contributed by atoms with Gasteiger partial charge in [0.2, 0.25) is 17.7 Å². The molecule has 0 saturated heterocycles. The Kier molecular flexibility index (Phi) is 14.5. The van der Waals surface area contributed by atoms with E-state index in [9.17, 15) is 34.2 Å². The minimum atomic E-state index is -1.53. The van der Waals surface area contributed by atoms with Gasteiger partial charge >= 0.3 is 11.9 Å². The second-order valence-corrected chi connectivity index (χ2v) is 9.41. The first-order chi connectivity index (χ1) is 19.7. The summed E-state index contributed by atoms with van der Waals surface area (Å²) in [4.78, 5) is 61.8. The molecule has 1 aromatic rings. The number of aliphatic carboxylic acids is 2. The molecular formula is C26H39N9O7. The molecule has 3 amide bonds. The molecule has 4 atom stereocenters. The summed E-state index contributed by atoms with van der Waals surface area (Å²) < 4.78 is 0. The Balaban J connectivity index is 2.95. The van der Waals surface area contributed by atoms with Crippen molar-refractivity contribution in [3.05, 3.63) is 35.9 Å². The number of amides is 3. The van der Waals surface area contributed by atoms with Gasteiger partial charge in [0.15, 0.2) is 11.9 Å². The molecule has 0 aliphatic heterocycles. The van der Waals surface area contributed by atoms with Crippen LogP contribution in [-0.2, 0) is 24.0 Å². The number of guanidine groups is 2. The van der Waals surface area contributed by atoms with Crippen LogP contribution in [-0.4, -0.2) is 76.5 Å². The Morgan fingerprint density at radius 1 is 0.929 bits per heavy atom. The fourth-order valence-electron chi connectivity index (χ4n) is 3.61. The van der Waals surface area contributed by atoms with Crippen molar-refractivity contribution in [2.24, 2.45) is 17.4 Å². The van der Waals surface area contributed by atoms with Crippen LogP contribution in [0.15, 0.2) is 30.3 Å². The molecule has 0 fully saturated rings. The standard InChI is InChI=1S/C26H39N9O7/c1-3-14(2)21(23(40)34-17(24(41)42)5-4-12-31-25(27)28)35-22(39)18(13-20(37)38)33-19(36)11-8-15-6-9-16(10-7-15)32-26(29)30/h6-11,14,17-18,21H,3-5,12-13H2,1-2H3,(H,33,36)(H,34,40)(H,35,39)(H,37,38)(H,41,42)(H4,27,28,31)(H4,29,30,32)/t14-,17-,18-,21-/m0/s1. The van der Waals surface area contributed by atoms with E-state index in [2.05, 4.69) is 26.6 Å². The molecule has 0 spiro atoms. The van der Waals surface area contributed by atoms with E-state index in [0.717, 1.165) is 6.08 Å². The fourth-order valence-corrected chi connectivity index (χ4v) is 3.61. The van der Waals surface area contributed by atoms with Crippen LogP contribution in [0.2, 0.25) is 0 Å². The number of carbonyl (C=O) groups is 5. The third kappa shape index (κ3) is 13.3. The highest BCUT2D eigenvalue weighted by molar-refractivity contribution is 5.98. The van der Waals surface area contributed by atoms with E-state index >= 15 is 0 Å². The third-order valence-electron chi connectivity index (χ3n) is 6.02. The molecule has 1 rings (SSSR count). The summed E-state index contributed by atoms with van der Waals surface area (Å²) in [6, 6.07) is 2.47. The number of carboxylic acid groups (broad SMARTS) is 2. The lowest BCUT2D eigenvalue weighted by Crippen LogP contribution is -2.58. The fraction of sp³-hybridized carbons (Fsp3) is 0.423. The normalized spacial score (nSPS) is 13.6. The first-order valence-corrected chi connectivity index (χ1v) is 13.1. The summed E-state index contributed by atoms with van der Waals surface area (Å²) in [7, 11) is 0. The average Bonchev–Trinajstić information content (AvgIpc) is 2.91. The van der Waals surface area contributed by atoms with Crippen molar-refractivity contribution in [2.75, 3.05) is 11.9 Å². The second kappa shape index (κ2) is 17.5. The molecule has 0 aliphatic carbocycles. The number of hydrogen-bond acceptors (Lipinski definition) is 7. The van der Waals surface area contributed by atoms with E-state index in [0.29, 0.717) is 17.7 Å². The number of carboxylic acids is 2.